The monoisotopic (exact) mass is 375 g/mol. The number of nitrogens with one attached hydrogen (secondary N) is 1. The Balaban J connectivity index is 1.81. The molecule has 0 saturated heterocycles. The van der Waals surface area contributed by atoms with Gasteiger partial charge in [-0.1, -0.05) is 30.3 Å². The van der Waals surface area contributed by atoms with Gasteiger partial charge in [-0.25, -0.2) is 9.97 Å². The molecule has 0 aliphatic carbocycles. The highest BCUT2D eigenvalue weighted by Gasteiger charge is 2.24. The molecular formula is C22H25N5O. The summed E-state index contributed by atoms with van der Waals surface area (Å²) in [4.78, 5) is 14.7. The van der Waals surface area contributed by atoms with Crippen molar-refractivity contribution in [1.82, 2.24) is 24.4 Å². The SMILES string of the molecule is Cc1ccc([C@@H](Cn2cnc(-c3ccccc3)c2-c2nc[nH]c2C)N(C)C)o1. The van der Waals surface area contributed by atoms with E-state index in [1.54, 1.807) is 6.33 Å². The van der Waals surface area contributed by atoms with Gasteiger partial charge in [-0.05, 0) is 40.1 Å². The molecule has 0 aliphatic heterocycles. The van der Waals surface area contributed by atoms with Crippen molar-refractivity contribution in [2.75, 3.05) is 14.1 Å². The molecular weight excluding hydrogens is 350 g/mol. The van der Waals surface area contributed by atoms with Gasteiger partial charge in [-0.3, -0.25) is 4.90 Å². The first-order valence-corrected chi connectivity index (χ1v) is 9.38. The lowest BCUT2D eigenvalue weighted by Gasteiger charge is -2.23. The van der Waals surface area contributed by atoms with Crippen molar-refractivity contribution < 1.29 is 4.42 Å². The Labute approximate surface area is 164 Å². The molecule has 28 heavy (non-hydrogen) atoms. The maximum atomic E-state index is 5.93. The Morgan fingerprint density at radius 1 is 1.04 bits per heavy atom. The number of imidazole rings is 2. The summed E-state index contributed by atoms with van der Waals surface area (Å²) in [6.07, 6.45) is 3.63. The number of likely N-dealkylation sites (N-methyl/N-ethyl adjacent to an activating group) is 1. The fourth-order valence-electron chi connectivity index (χ4n) is 3.50. The van der Waals surface area contributed by atoms with Crippen LogP contribution in [-0.2, 0) is 6.54 Å². The Morgan fingerprint density at radius 2 is 1.82 bits per heavy atom. The Bertz CT molecular complexity index is 1060. The number of benzene rings is 1. The molecule has 0 unspecified atom stereocenters. The Hall–Kier alpha value is -3.12. The van der Waals surface area contributed by atoms with Gasteiger partial charge in [0.15, 0.2) is 0 Å². The third kappa shape index (κ3) is 3.39. The highest BCUT2D eigenvalue weighted by molar-refractivity contribution is 5.77. The molecule has 0 radical (unpaired) electrons. The predicted octanol–water partition coefficient (Wildman–Crippen LogP) is 4.45. The van der Waals surface area contributed by atoms with Crippen LogP contribution in [0.1, 0.15) is 23.3 Å². The largest absolute Gasteiger partial charge is 0.465 e. The molecule has 3 aromatic heterocycles. The van der Waals surface area contributed by atoms with Crippen LogP contribution in [-0.4, -0.2) is 38.5 Å². The molecule has 0 fully saturated rings. The number of H-pyrrole nitrogens is 1. The third-order valence-corrected chi connectivity index (χ3v) is 5.02. The van der Waals surface area contributed by atoms with Crippen molar-refractivity contribution in [2.24, 2.45) is 0 Å². The molecule has 1 N–H and O–H groups in total. The van der Waals surface area contributed by atoms with Crippen molar-refractivity contribution in [2.45, 2.75) is 26.4 Å². The Kier molecular flexibility index (Phi) is 4.88. The topological polar surface area (TPSA) is 62.9 Å². The number of nitrogens with zero attached hydrogens (tertiary/aromatic N) is 4. The van der Waals surface area contributed by atoms with Gasteiger partial charge in [0.25, 0.3) is 0 Å². The molecule has 0 amide bonds. The Morgan fingerprint density at radius 3 is 2.43 bits per heavy atom. The molecule has 4 rings (SSSR count). The minimum atomic E-state index is 0.0875. The summed E-state index contributed by atoms with van der Waals surface area (Å²) in [6, 6.07) is 14.4. The molecule has 6 nitrogen and oxygen atoms in total. The quantitative estimate of drug-likeness (QED) is 0.541. The van der Waals surface area contributed by atoms with E-state index in [1.807, 2.05) is 44.4 Å². The van der Waals surface area contributed by atoms with Gasteiger partial charge < -0.3 is 14.0 Å². The number of aromatic amines is 1. The van der Waals surface area contributed by atoms with Crippen LogP contribution in [0.25, 0.3) is 22.6 Å². The highest BCUT2D eigenvalue weighted by atomic mass is 16.3. The van der Waals surface area contributed by atoms with Crippen molar-refractivity contribution in [3.63, 3.8) is 0 Å². The molecule has 0 saturated carbocycles. The molecule has 4 aromatic rings. The lowest BCUT2D eigenvalue weighted by Crippen LogP contribution is -2.24. The van der Waals surface area contributed by atoms with Crippen LogP contribution in [0, 0.1) is 13.8 Å². The summed E-state index contributed by atoms with van der Waals surface area (Å²) in [5, 5.41) is 0. The van der Waals surface area contributed by atoms with Crippen LogP contribution < -0.4 is 0 Å². The van der Waals surface area contributed by atoms with E-state index in [0.717, 1.165) is 39.9 Å². The zero-order chi connectivity index (χ0) is 19.7. The summed E-state index contributed by atoms with van der Waals surface area (Å²) in [7, 11) is 4.13. The predicted molar refractivity (Wildman–Crippen MR) is 110 cm³/mol. The van der Waals surface area contributed by atoms with Gasteiger partial charge >= 0.3 is 0 Å². The second kappa shape index (κ2) is 7.48. The first-order valence-electron chi connectivity index (χ1n) is 9.38. The molecule has 6 heteroatoms. The zero-order valence-electron chi connectivity index (χ0n) is 16.7. The van der Waals surface area contributed by atoms with E-state index >= 15 is 0 Å². The smallest absolute Gasteiger partial charge is 0.123 e. The van der Waals surface area contributed by atoms with Crippen LogP contribution in [0.2, 0.25) is 0 Å². The van der Waals surface area contributed by atoms with E-state index in [4.69, 9.17) is 9.40 Å². The lowest BCUT2D eigenvalue weighted by molar-refractivity contribution is 0.231. The maximum Gasteiger partial charge on any atom is 0.123 e. The summed E-state index contributed by atoms with van der Waals surface area (Å²) in [5.41, 5.74) is 4.97. The van der Waals surface area contributed by atoms with E-state index in [2.05, 4.69) is 51.7 Å². The second-order valence-electron chi connectivity index (χ2n) is 7.26. The van der Waals surface area contributed by atoms with E-state index in [1.165, 1.54) is 0 Å². The molecule has 3 heterocycles. The van der Waals surface area contributed by atoms with Crippen molar-refractivity contribution >= 4 is 0 Å². The molecule has 1 aromatic carbocycles. The van der Waals surface area contributed by atoms with Crippen molar-refractivity contribution in [3.8, 4) is 22.6 Å². The average molecular weight is 375 g/mol. The van der Waals surface area contributed by atoms with Gasteiger partial charge in [0, 0.05) is 17.8 Å². The van der Waals surface area contributed by atoms with Gasteiger partial charge in [-0.2, -0.15) is 0 Å². The maximum absolute atomic E-state index is 5.93. The third-order valence-electron chi connectivity index (χ3n) is 5.02. The molecule has 0 bridgehead atoms. The van der Waals surface area contributed by atoms with Crippen LogP contribution >= 0.6 is 0 Å². The number of rotatable bonds is 6. The number of aryl methyl sites for hydroxylation is 2. The number of hydrogen-bond donors (Lipinski definition) is 1. The van der Waals surface area contributed by atoms with Gasteiger partial charge in [-0.15, -0.1) is 0 Å². The first kappa shape index (κ1) is 18.3. The summed E-state index contributed by atoms with van der Waals surface area (Å²) in [5.74, 6) is 1.86. The van der Waals surface area contributed by atoms with E-state index in [9.17, 15) is 0 Å². The minimum absolute atomic E-state index is 0.0875. The van der Waals surface area contributed by atoms with Gasteiger partial charge in [0.05, 0.1) is 30.1 Å². The van der Waals surface area contributed by atoms with E-state index in [-0.39, 0.29) is 6.04 Å². The van der Waals surface area contributed by atoms with E-state index < -0.39 is 0 Å². The van der Waals surface area contributed by atoms with Crippen LogP contribution in [0.4, 0.5) is 0 Å². The summed E-state index contributed by atoms with van der Waals surface area (Å²) < 4.78 is 8.10. The zero-order valence-corrected chi connectivity index (χ0v) is 16.7. The average Bonchev–Trinajstić information content (AvgIpc) is 3.40. The van der Waals surface area contributed by atoms with Gasteiger partial charge in [0.1, 0.15) is 17.2 Å². The lowest BCUT2D eigenvalue weighted by atomic mass is 10.1. The number of hydrogen-bond acceptors (Lipinski definition) is 4. The van der Waals surface area contributed by atoms with Crippen LogP contribution in [0.15, 0.2) is 59.5 Å². The standard InChI is InChI=1S/C22H25N5O/c1-15-10-11-19(28-15)18(26(3)4)12-27-14-25-21(17-8-6-5-7-9-17)22(27)20-16(2)23-13-24-20/h5-11,13-14,18H,12H2,1-4H3,(H,23,24)/t18-/m1/s1. The molecule has 0 spiro atoms. The fourth-order valence-corrected chi connectivity index (χ4v) is 3.50. The molecule has 144 valence electrons. The normalized spacial score (nSPS) is 12.6. The van der Waals surface area contributed by atoms with E-state index in [0.29, 0.717) is 6.54 Å². The number of furan rings is 1. The minimum Gasteiger partial charge on any atom is -0.465 e. The number of aromatic nitrogens is 4. The van der Waals surface area contributed by atoms with Crippen molar-refractivity contribution in [1.29, 1.82) is 0 Å². The summed E-state index contributed by atoms with van der Waals surface area (Å²) >= 11 is 0. The second-order valence-corrected chi connectivity index (χ2v) is 7.26. The molecule has 1 atom stereocenters. The van der Waals surface area contributed by atoms with Crippen LogP contribution in [0.5, 0.6) is 0 Å². The van der Waals surface area contributed by atoms with Crippen molar-refractivity contribution in [3.05, 3.63) is 72.3 Å². The fraction of sp³-hybridized carbons (Fsp3) is 0.273. The highest BCUT2D eigenvalue weighted by Crippen LogP contribution is 2.33. The summed E-state index contributed by atoms with van der Waals surface area (Å²) in [6.45, 7) is 4.72. The molecule has 0 aliphatic rings. The first-order chi connectivity index (χ1) is 13.5. The van der Waals surface area contributed by atoms with Gasteiger partial charge in [0.2, 0.25) is 0 Å². The van der Waals surface area contributed by atoms with Crippen LogP contribution in [0.3, 0.4) is 0 Å².